The molecule has 0 atom stereocenters. The summed E-state index contributed by atoms with van der Waals surface area (Å²) in [6.07, 6.45) is 2.14. The summed E-state index contributed by atoms with van der Waals surface area (Å²) in [5, 5.41) is 11.6. The van der Waals surface area contributed by atoms with Gasteiger partial charge >= 0.3 is 0 Å². The first kappa shape index (κ1) is 14.8. The number of nitrogens with zero attached hydrogens (tertiary/aromatic N) is 1. The minimum atomic E-state index is -0.368. The second-order valence-electron chi connectivity index (χ2n) is 4.79. The van der Waals surface area contributed by atoms with Gasteiger partial charge in [-0.1, -0.05) is 15.9 Å². The van der Waals surface area contributed by atoms with Crippen molar-refractivity contribution in [1.29, 1.82) is 0 Å². The molecule has 0 N–H and O–H groups in total. The van der Waals surface area contributed by atoms with Gasteiger partial charge in [0.25, 0.3) is 5.69 Å². The Hall–Kier alpha value is -0.590. The van der Waals surface area contributed by atoms with Crippen LogP contribution in [0.25, 0.3) is 0 Å². The topological polar surface area (TPSA) is 52.4 Å². The highest BCUT2D eigenvalue weighted by Crippen LogP contribution is 2.38. The van der Waals surface area contributed by atoms with Crippen molar-refractivity contribution in [1.82, 2.24) is 0 Å². The van der Waals surface area contributed by atoms with Crippen LogP contribution in [0, 0.1) is 15.5 Å². The van der Waals surface area contributed by atoms with Gasteiger partial charge in [-0.05, 0) is 30.4 Å². The van der Waals surface area contributed by atoms with E-state index >= 15 is 0 Å². The van der Waals surface area contributed by atoms with E-state index in [1.54, 1.807) is 23.9 Å². The third kappa shape index (κ3) is 3.94. The van der Waals surface area contributed by atoms with E-state index in [2.05, 4.69) is 15.9 Å². The maximum Gasteiger partial charge on any atom is 0.269 e. The third-order valence-corrected chi connectivity index (χ3v) is 5.98. The lowest BCUT2D eigenvalue weighted by Crippen LogP contribution is -2.33. The molecular weight excluding hydrogens is 330 g/mol. The second kappa shape index (κ2) is 6.72. The number of non-ortho nitro benzene ring substituents is 1. The van der Waals surface area contributed by atoms with Gasteiger partial charge in [0, 0.05) is 41.3 Å². The number of hydrogen-bond acceptors (Lipinski definition) is 4. The summed E-state index contributed by atoms with van der Waals surface area (Å²) in [5.74, 6) is 1.01. The van der Waals surface area contributed by atoms with E-state index in [0.29, 0.717) is 0 Å². The molecule has 0 unspecified atom stereocenters. The molecule has 1 aliphatic heterocycles. The van der Waals surface area contributed by atoms with Gasteiger partial charge in [0.15, 0.2) is 0 Å². The first-order valence-corrected chi connectivity index (χ1v) is 8.27. The SMILES string of the molecule is O=[N+]([O-])c1ccc(SCC2(CBr)CCOCC2)cc1. The predicted molar refractivity (Wildman–Crippen MR) is 80.1 cm³/mol. The van der Waals surface area contributed by atoms with E-state index in [9.17, 15) is 10.1 Å². The number of rotatable bonds is 5. The van der Waals surface area contributed by atoms with E-state index in [1.165, 1.54) is 0 Å². The Bertz CT molecular complexity index is 432. The Morgan fingerprint density at radius 2 is 1.95 bits per heavy atom. The number of nitro benzene ring substituents is 1. The second-order valence-corrected chi connectivity index (χ2v) is 6.40. The highest BCUT2D eigenvalue weighted by atomic mass is 79.9. The molecule has 19 heavy (non-hydrogen) atoms. The number of hydrogen-bond donors (Lipinski definition) is 0. The van der Waals surface area contributed by atoms with Crippen LogP contribution in [-0.4, -0.2) is 29.2 Å². The maximum atomic E-state index is 10.6. The zero-order valence-corrected chi connectivity index (χ0v) is 12.9. The molecule has 2 rings (SSSR count). The highest BCUT2D eigenvalue weighted by molar-refractivity contribution is 9.09. The number of alkyl halides is 1. The minimum absolute atomic E-state index is 0.144. The Morgan fingerprint density at radius 3 is 2.47 bits per heavy atom. The molecule has 0 saturated carbocycles. The molecule has 1 aliphatic rings. The van der Waals surface area contributed by atoms with Crippen molar-refractivity contribution in [2.75, 3.05) is 24.3 Å². The van der Waals surface area contributed by atoms with Crippen molar-refractivity contribution in [3.8, 4) is 0 Å². The molecule has 0 spiro atoms. The number of nitro groups is 1. The Kier molecular flexibility index (Phi) is 5.24. The first-order chi connectivity index (χ1) is 9.15. The molecule has 4 nitrogen and oxygen atoms in total. The Labute approximate surface area is 125 Å². The van der Waals surface area contributed by atoms with Crippen LogP contribution in [0.2, 0.25) is 0 Å². The molecule has 0 bridgehead atoms. The van der Waals surface area contributed by atoms with Gasteiger partial charge < -0.3 is 4.74 Å². The van der Waals surface area contributed by atoms with Crippen LogP contribution in [0.1, 0.15) is 12.8 Å². The van der Waals surface area contributed by atoms with Gasteiger partial charge in [-0.3, -0.25) is 10.1 Å². The van der Waals surface area contributed by atoms with Gasteiger partial charge in [-0.2, -0.15) is 0 Å². The molecule has 6 heteroatoms. The summed E-state index contributed by atoms with van der Waals surface area (Å²) in [6, 6.07) is 6.77. The summed E-state index contributed by atoms with van der Waals surface area (Å²) in [4.78, 5) is 11.3. The van der Waals surface area contributed by atoms with Gasteiger partial charge in [0.1, 0.15) is 0 Å². The molecule has 1 fully saturated rings. The van der Waals surface area contributed by atoms with Crippen LogP contribution < -0.4 is 0 Å². The summed E-state index contributed by atoms with van der Waals surface area (Å²) < 4.78 is 5.42. The van der Waals surface area contributed by atoms with Crippen LogP contribution in [0.15, 0.2) is 29.2 Å². The molecule has 0 radical (unpaired) electrons. The van der Waals surface area contributed by atoms with Crippen molar-refractivity contribution in [2.24, 2.45) is 5.41 Å². The summed E-state index contributed by atoms with van der Waals surface area (Å²) in [7, 11) is 0. The lowest BCUT2D eigenvalue weighted by Gasteiger charge is -2.35. The van der Waals surface area contributed by atoms with E-state index < -0.39 is 0 Å². The molecule has 1 heterocycles. The van der Waals surface area contributed by atoms with Gasteiger partial charge in [0.05, 0.1) is 4.92 Å². The van der Waals surface area contributed by atoms with Crippen LogP contribution in [0.4, 0.5) is 5.69 Å². The van der Waals surface area contributed by atoms with Crippen molar-refractivity contribution >= 4 is 33.4 Å². The molecular formula is C13H16BrNO3S. The zero-order chi connectivity index (χ0) is 13.7. The van der Waals surface area contributed by atoms with Crippen molar-refractivity contribution in [2.45, 2.75) is 17.7 Å². The standard InChI is InChI=1S/C13H16BrNO3S/c14-9-13(5-7-18-8-6-13)10-19-12-3-1-11(2-4-12)15(16)17/h1-4H,5-10H2. The van der Waals surface area contributed by atoms with Crippen LogP contribution in [-0.2, 0) is 4.74 Å². The fourth-order valence-electron chi connectivity index (χ4n) is 2.02. The molecule has 0 aromatic heterocycles. The predicted octanol–water partition coefficient (Wildman–Crippen LogP) is 3.88. The van der Waals surface area contributed by atoms with Crippen LogP contribution >= 0.6 is 27.7 Å². The van der Waals surface area contributed by atoms with E-state index in [1.807, 2.05) is 12.1 Å². The van der Waals surface area contributed by atoms with Crippen molar-refractivity contribution in [3.05, 3.63) is 34.4 Å². The number of thioether (sulfide) groups is 1. The zero-order valence-electron chi connectivity index (χ0n) is 10.5. The Balaban J connectivity index is 1.95. The minimum Gasteiger partial charge on any atom is -0.381 e. The summed E-state index contributed by atoms with van der Waals surface area (Å²) >= 11 is 5.38. The first-order valence-electron chi connectivity index (χ1n) is 6.16. The average molecular weight is 346 g/mol. The smallest absolute Gasteiger partial charge is 0.269 e. The van der Waals surface area contributed by atoms with Crippen LogP contribution in [0.3, 0.4) is 0 Å². The molecule has 1 aromatic carbocycles. The molecule has 0 amide bonds. The lowest BCUT2D eigenvalue weighted by molar-refractivity contribution is -0.384. The fourth-order valence-corrected chi connectivity index (χ4v) is 4.24. The normalized spacial score (nSPS) is 18.2. The molecule has 0 aliphatic carbocycles. The highest BCUT2D eigenvalue weighted by Gasteiger charge is 2.31. The van der Waals surface area contributed by atoms with Gasteiger partial charge in [0.2, 0.25) is 0 Å². The average Bonchev–Trinajstić information content (AvgIpc) is 2.46. The summed E-state index contributed by atoms with van der Waals surface area (Å²) in [6.45, 7) is 1.65. The van der Waals surface area contributed by atoms with Gasteiger partial charge in [-0.25, -0.2) is 0 Å². The third-order valence-electron chi connectivity index (χ3n) is 3.43. The van der Waals surface area contributed by atoms with Crippen molar-refractivity contribution in [3.63, 3.8) is 0 Å². The van der Waals surface area contributed by atoms with E-state index in [0.717, 1.165) is 42.0 Å². The van der Waals surface area contributed by atoms with E-state index in [4.69, 9.17) is 4.74 Å². The Morgan fingerprint density at radius 1 is 1.32 bits per heavy atom. The number of halogens is 1. The summed E-state index contributed by atoms with van der Waals surface area (Å²) in [5.41, 5.74) is 0.427. The van der Waals surface area contributed by atoms with Crippen LogP contribution in [0.5, 0.6) is 0 Å². The van der Waals surface area contributed by atoms with Gasteiger partial charge in [-0.15, -0.1) is 11.8 Å². The largest absolute Gasteiger partial charge is 0.381 e. The molecule has 1 saturated heterocycles. The monoisotopic (exact) mass is 345 g/mol. The number of ether oxygens (including phenoxy) is 1. The molecule has 104 valence electrons. The lowest BCUT2D eigenvalue weighted by atomic mass is 9.85. The maximum absolute atomic E-state index is 10.6. The molecule has 1 aromatic rings. The fraction of sp³-hybridized carbons (Fsp3) is 0.538. The van der Waals surface area contributed by atoms with E-state index in [-0.39, 0.29) is 16.0 Å². The quantitative estimate of drug-likeness (QED) is 0.351. The van der Waals surface area contributed by atoms with Crippen molar-refractivity contribution < 1.29 is 9.66 Å². The number of benzene rings is 1.